The summed E-state index contributed by atoms with van der Waals surface area (Å²) in [5.74, 6) is 0. The Morgan fingerprint density at radius 2 is 1.88 bits per heavy atom. The van der Waals surface area contributed by atoms with Gasteiger partial charge in [0.2, 0.25) is 0 Å². The Morgan fingerprint density at radius 1 is 1.31 bits per heavy atom. The van der Waals surface area contributed by atoms with Crippen LogP contribution < -0.4 is 0 Å². The highest BCUT2D eigenvalue weighted by molar-refractivity contribution is 6.36. The predicted octanol–water partition coefficient (Wildman–Crippen LogP) is 3.25. The molecule has 1 aliphatic rings. The molecule has 0 spiro atoms. The average Bonchev–Trinajstić information content (AvgIpc) is 2.09. The first-order chi connectivity index (χ1) is 7.58. The first kappa shape index (κ1) is 12.2. The van der Waals surface area contributed by atoms with E-state index in [9.17, 15) is 5.11 Å². The first-order valence-electron chi connectivity index (χ1n) is 5.46. The number of aliphatic hydroxyl groups is 1. The van der Waals surface area contributed by atoms with Gasteiger partial charge in [-0.1, -0.05) is 23.2 Å². The van der Waals surface area contributed by atoms with Gasteiger partial charge in [-0.15, -0.1) is 0 Å². The Balaban J connectivity index is 2.21. The van der Waals surface area contributed by atoms with Crippen LogP contribution in [0.1, 0.15) is 30.6 Å². The Kier molecular flexibility index (Phi) is 3.75. The van der Waals surface area contributed by atoms with E-state index < -0.39 is 6.10 Å². The van der Waals surface area contributed by atoms with Crippen LogP contribution in [-0.4, -0.2) is 23.1 Å². The molecule has 0 aliphatic carbocycles. The minimum atomic E-state index is -0.627. The normalized spacial score (nSPS) is 18.2. The molecule has 0 radical (unpaired) electrons. The van der Waals surface area contributed by atoms with Crippen LogP contribution in [0, 0.1) is 0 Å². The quantitative estimate of drug-likeness (QED) is 0.901. The van der Waals surface area contributed by atoms with Gasteiger partial charge in [-0.25, -0.2) is 0 Å². The number of hydrogen-bond donors (Lipinski definition) is 1. The maximum atomic E-state index is 9.54. The molecule has 0 amide bonds. The monoisotopic (exact) mass is 259 g/mol. The summed E-state index contributed by atoms with van der Waals surface area (Å²) in [6.45, 7) is 4.85. The highest BCUT2D eigenvalue weighted by atomic mass is 35.5. The molecule has 2 nitrogen and oxygen atoms in total. The summed E-state index contributed by atoms with van der Waals surface area (Å²) in [5, 5.41) is 10.6. The van der Waals surface area contributed by atoms with E-state index in [1.165, 1.54) is 6.42 Å². The van der Waals surface area contributed by atoms with Crippen molar-refractivity contribution in [3.63, 3.8) is 0 Å². The van der Waals surface area contributed by atoms with Crippen LogP contribution in [0.3, 0.4) is 0 Å². The molecule has 16 heavy (non-hydrogen) atoms. The number of halogens is 2. The molecule has 4 heteroatoms. The molecular formula is C12H15Cl2NO. The lowest BCUT2D eigenvalue weighted by atomic mass is 10.1. The van der Waals surface area contributed by atoms with E-state index in [0.717, 1.165) is 25.2 Å². The molecule has 1 saturated heterocycles. The van der Waals surface area contributed by atoms with Gasteiger partial charge in [0, 0.05) is 22.2 Å². The summed E-state index contributed by atoms with van der Waals surface area (Å²) in [6.07, 6.45) is 0.644. The second-order valence-electron chi connectivity index (χ2n) is 4.28. The van der Waals surface area contributed by atoms with Crippen LogP contribution >= 0.6 is 23.2 Å². The zero-order valence-corrected chi connectivity index (χ0v) is 10.7. The van der Waals surface area contributed by atoms with Gasteiger partial charge >= 0.3 is 0 Å². The van der Waals surface area contributed by atoms with E-state index in [2.05, 4.69) is 4.90 Å². The SMILES string of the molecule is CC(O)c1c(Cl)cc(CN2CCC2)cc1Cl. The van der Waals surface area contributed by atoms with Crippen molar-refractivity contribution >= 4 is 23.2 Å². The molecule has 1 heterocycles. The zero-order chi connectivity index (χ0) is 11.7. The highest BCUT2D eigenvalue weighted by Gasteiger charge is 2.17. The van der Waals surface area contributed by atoms with Gasteiger partial charge in [-0.3, -0.25) is 4.90 Å². The molecule has 0 aromatic heterocycles. The lowest BCUT2D eigenvalue weighted by molar-refractivity contribution is 0.172. The molecule has 1 aromatic carbocycles. The summed E-state index contributed by atoms with van der Waals surface area (Å²) in [6, 6.07) is 3.79. The number of hydrogen-bond acceptors (Lipinski definition) is 2. The third-order valence-corrected chi connectivity index (χ3v) is 3.54. The van der Waals surface area contributed by atoms with Gasteiger partial charge in [0.25, 0.3) is 0 Å². The van der Waals surface area contributed by atoms with Gasteiger partial charge in [-0.2, -0.15) is 0 Å². The van der Waals surface area contributed by atoms with Crippen LogP contribution in [-0.2, 0) is 6.54 Å². The van der Waals surface area contributed by atoms with Gasteiger partial charge in [-0.05, 0) is 44.1 Å². The van der Waals surface area contributed by atoms with E-state index in [1.54, 1.807) is 6.92 Å². The topological polar surface area (TPSA) is 23.5 Å². The summed E-state index contributed by atoms with van der Waals surface area (Å²) in [4.78, 5) is 2.34. The van der Waals surface area contributed by atoms with Crippen molar-refractivity contribution in [3.8, 4) is 0 Å². The largest absolute Gasteiger partial charge is 0.389 e. The molecule has 1 fully saturated rings. The number of nitrogens with zero attached hydrogens (tertiary/aromatic N) is 1. The maximum absolute atomic E-state index is 9.54. The van der Waals surface area contributed by atoms with Crippen LogP contribution in [0.2, 0.25) is 10.0 Å². The molecule has 1 unspecified atom stereocenters. The molecule has 2 rings (SSSR count). The van der Waals surface area contributed by atoms with E-state index in [4.69, 9.17) is 23.2 Å². The smallest absolute Gasteiger partial charge is 0.0791 e. The van der Waals surface area contributed by atoms with Crippen molar-refractivity contribution < 1.29 is 5.11 Å². The van der Waals surface area contributed by atoms with Gasteiger partial charge < -0.3 is 5.11 Å². The molecule has 1 aromatic rings. The molecule has 1 atom stereocenters. The van der Waals surface area contributed by atoms with Crippen LogP contribution in [0.25, 0.3) is 0 Å². The average molecular weight is 260 g/mol. The van der Waals surface area contributed by atoms with Crippen LogP contribution in [0.5, 0.6) is 0 Å². The van der Waals surface area contributed by atoms with Gasteiger partial charge in [0.1, 0.15) is 0 Å². The Labute approximate surface area is 106 Å². The summed E-state index contributed by atoms with van der Waals surface area (Å²) in [7, 11) is 0. The predicted molar refractivity (Wildman–Crippen MR) is 67.0 cm³/mol. The van der Waals surface area contributed by atoms with Crippen molar-refractivity contribution in [2.45, 2.75) is 26.0 Å². The number of aliphatic hydroxyl groups excluding tert-OH is 1. The van der Waals surface area contributed by atoms with E-state index in [0.29, 0.717) is 15.6 Å². The third-order valence-electron chi connectivity index (χ3n) is 2.91. The molecule has 0 bridgehead atoms. The van der Waals surface area contributed by atoms with E-state index in [-0.39, 0.29) is 0 Å². The van der Waals surface area contributed by atoms with Crippen LogP contribution in [0.15, 0.2) is 12.1 Å². The van der Waals surface area contributed by atoms with Gasteiger partial charge in [0.15, 0.2) is 0 Å². The lowest BCUT2D eigenvalue weighted by Gasteiger charge is -2.30. The fourth-order valence-corrected chi connectivity index (χ4v) is 2.77. The number of benzene rings is 1. The van der Waals surface area contributed by atoms with Crippen molar-refractivity contribution in [1.29, 1.82) is 0 Å². The van der Waals surface area contributed by atoms with Crippen molar-refractivity contribution in [3.05, 3.63) is 33.3 Å². The fraction of sp³-hybridized carbons (Fsp3) is 0.500. The number of rotatable bonds is 3. The zero-order valence-electron chi connectivity index (χ0n) is 9.21. The number of likely N-dealkylation sites (tertiary alicyclic amines) is 1. The lowest BCUT2D eigenvalue weighted by Crippen LogP contribution is -2.36. The van der Waals surface area contributed by atoms with Crippen molar-refractivity contribution in [2.75, 3.05) is 13.1 Å². The molecular weight excluding hydrogens is 245 g/mol. The summed E-state index contributed by atoms with van der Waals surface area (Å²) >= 11 is 12.2. The van der Waals surface area contributed by atoms with Gasteiger partial charge in [0.05, 0.1) is 6.10 Å². The molecule has 1 N–H and O–H groups in total. The van der Waals surface area contributed by atoms with E-state index >= 15 is 0 Å². The summed E-state index contributed by atoms with van der Waals surface area (Å²) < 4.78 is 0. The highest BCUT2D eigenvalue weighted by Crippen LogP contribution is 2.32. The second-order valence-corrected chi connectivity index (χ2v) is 5.09. The minimum Gasteiger partial charge on any atom is -0.389 e. The van der Waals surface area contributed by atoms with Crippen molar-refractivity contribution in [1.82, 2.24) is 4.90 Å². The first-order valence-corrected chi connectivity index (χ1v) is 6.22. The summed E-state index contributed by atoms with van der Waals surface area (Å²) in [5.41, 5.74) is 1.73. The van der Waals surface area contributed by atoms with Crippen LogP contribution in [0.4, 0.5) is 0 Å². The Bertz CT molecular complexity index is 366. The minimum absolute atomic E-state index is 0.554. The molecule has 88 valence electrons. The van der Waals surface area contributed by atoms with Crippen molar-refractivity contribution in [2.24, 2.45) is 0 Å². The second kappa shape index (κ2) is 4.92. The molecule has 1 aliphatic heterocycles. The van der Waals surface area contributed by atoms with E-state index in [1.807, 2.05) is 12.1 Å². The fourth-order valence-electron chi connectivity index (χ4n) is 1.93. The Hall–Kier alpha value is -0.280. The maximum Gasteiger partial charge on any atom is 0.0791 e. The third kappa shape index (κ3) is 2.51. The Morgan fingerprint density at radius 3 is 2.25 bits per heavy atom. The molecule has 0 saturated carbocycles. The standard InChI is InChI=1S/C12H15Cl2NO/c1-8(16)12-10(13)5-9(6-11(12)14)7-15-3-2-4-15/h5-6,8,16H,2-4,7H2,1H3.